The Bertz CT molecular complexity index is 415. The molecule has 1 heterocycles. The topological polar surface area (TPSA) is 41.1 Å². The molecule has 0 aliphatic heterocycles. The summed E-state index contributed by atoms with van der Waals surface area (Å²) < 4.78 is 0. The summed E-state index contributed by atoms with van der Waals surface area (Å²) in [6, 6.07) is 0.475. The van der Waals surface area contributed by atoms with E-state index in [1.165, 1.54) is 0 Å². The molecule has 0 saturated heterocycles. The van der Waals surface area contributed by atoms with Crippen LogP contribution in [-0.4, -0.2) is 29.6 Å². The summed E-state index contributed by atoms with van der Waals surface area (Å²) >= 11 is 0. The van der Waals surface area contributed by atoms with Crippen molar-refractivity contribution in [1.82, 2.24) is 9.97 Å². The van der Waals surface area contributed by atoms with Gasteiger partial charge in [-0.15, -0.1) is 0 Å². The van der Waals surface area contributed by atoms with Crippen LogP contribution < -0.4 is 10.2 Å². The van der Waals surface area contributed by atoms with Crippen molar-refractivity contribution in [1.29, 1.82) is 0 Å². The standard InChI is InChI=1S/C15H28N4/c1-8-16-14-12(5)15(18-13(6)17-14)19(7)11(4)9-10(2)3/h10-11H,8-9H2,1-7H3,(H,16,17,18). The average Bonchev–Trinajstić information content (AvgIpc) is 2.32. The lowest BCUT2D eigenvalue weighted by Crippen LogP contribution is -2.32. The van der Waals surface area contributed by atoms with Gasteiger partial charge < -0.3 is 10.2 Å². The predicted octanol–water partition coefficient (Wildman–Crippen LogP) is 3.40. The van der Waals surface area contributed by atoms with E-state index in [4.69, 9.17) is 0 Å². The Balaban J connectivity index is 3.04. The summed E-state index contributed by atoms with van der Waals surface area (Å²) in [7, 11) is 2.12. The average molecular weight is 264 g/mol. The molecule has 0 amide bonds. The van der Waals surface area contributed by atoms with Crippen molar-refractivity contribution in [3.63, 3.8) is 0 Å². The third-order valence-corrected chi connectivity index (χ3v) is 3.38. The van der Waals surface area contributed by atoms with Crippen molar-refractivity contribution >= 4 is 11.6 Å². The van der Waals surface area contributed by atoms with Crippen LogP contribution in [0.15, 0.2) is 0 Å². The van der Waals surface area contributed by atoms with Crippen LogP contribution in [0.1, 0.15) is 45.5 Å². The van der Waals surface area contributed by atoms with E-state index < -0.39 is 0 Å². The van der Waals surface area contributed by atoms with Crippen molar-refractivity contribution in [3.8, 4) is 0 Å². The molecule has 0 spiro atoms. The molecule has 0 fully saturated rings. The lowest BCUT2D eigenvalue weighted by molar-refractivity contribution is 0.501. The molecule has 0 radical (unpaired) electrons. The van der Waals surface area contributed by atoms with E-state index in [9.17, 15) is 0 Å². The van der Waals surface area contributed by atoms with Gasteiger partial charge >= 0.3 is 0 Å². The smallest absolute Gasteiger partial charge is 0.137 e. The Morgan fingerprint density at radius 2 is 1.79 bits per heavy atom. The van der Waals surface area contributed by atoms with Crippen LogP contribution in [0.2, 0.25) is 0 Å². The molecule has 19 heavy (non-hydrogen) atoms. The fourth-order valence-corrected chi connectivity index (χ4v) is 2.35. The van der Waals surface area contributed by atoms with Gasteiger partial charge in [-0.1, -0.05) is 13.8 Å². The van der Waals surface area contributed by atoms with Gasteiger partial charge in [-0.2, -0.15) is 0 Å². The Kier molecular flexibility index (Phi) is 5.58. The maximum Gasteiger partial charge on any atom is 0.137 e. The first-order valence-electron chi connectivity index (χ1n) is 7.18. The van der Waals surface area contributed by atoms with Gasteiger partial charge in [0.2, 0.25) is 0 Å². The number of rotatable bonds is 6. The van der Waals surface area contributed by atoms with Crippen LogP contribution in [0.3, 0.4) is 0 Å². The Labute approximate surface area is 117 Å². The zero-order valence-corrected chi connectivity index (χ0v) is 13.4. The molecular weight excluding hydrogens is 236 g/mol. The quantitative estimate of drug-likeness (QED) is 0.855. The van der Waals surface area contributed by atoms with Crippen LogP contribution in [0, 0.1) is 19.8 Å². The van der Waals surface area contributed by atoms with Gasteiger partial charge in [0.15, 0.2) is 0 Å². The number of aromatic nitrogens is 2. The molecule has 1 unspecified atom stereocenters. The highest BCUT2D eigenvalue weighted by atomic mass is 15.2. The Morgan fingerprint density at radius 3 is 2.32 bits per heavy atom. The second kappa shape index (κ2) is 6.73. The molecule has 0 aliphatic carbocycles. The van der Waals surface area contributed by atoms with Crippen molar-refractivity contribution in [2.24, 2.45) is 5.92 Å². The summed E-state index contributed by atoms with van der Waals surface area (Å²) in [5, 5.41) is 3.31. The first-order valence-corrected chi connectivity index (χ1v) is 7.18. The van der Waals surface area contributed by atoms with Gasteiger partial charge in [-0.25, -0.2) is 9.97 Å². The third kappa shape index (κ3) is 4.08. The van der Waals surface area contributed by atoms with Gasteiger partial charge in [0.25, 0.3) is 0 Å². The van der Waals surface area contributed by atoms with Crippen molar-refractivity contribution in [2.45, 2.75) is 54.0 Å². The zero-order valence-electron chi connectivity index (χ0n) is 13.4. The van der Waals surface area contributed by atoms with E-state index in [0.717, 1.165) is 36.0 Å². The van der Waals surface area contributed by atoms with Crippen LogP contribution in [0.5, 0.6) is 0 Å². The molecule has 0 bridgehead atoms. The van der Waals surface area contributed by atoms with E-state index in [-0.39, 0.29) is 0 Å². The fraction of sp³-hybridized carbons (Fsp3) is 0.733. The minimum absolute atomic E-state index is 0.475. The first-order chi connectivity index (χ1) is 8.86. The Hall–Kier alpha value is -1.32. The minimum Gasteiger partial charge on any atom is -0.370 e. The van der Waals surface area contributed by atoms with Gasteiger partial charge in [0.05, 0.1) is 0 Å². The molecule has 0 aliphatic rings. The molecule has 0 aromatic carbocycles. The number of hydrogen-bond acceptors (Lipinski definition) is 4. The molecule has 1 rings (SSSR count). The molecular formula is C15H28N4. The lowest BCUT2D eigenvalue weighted by Gasteiger charge is -2.29. The largest absolute Gasteiger partial charge is 0.370 e. The second-order valence-corrected chi connectivity index (χ2v) is 5.69. The second-order valence-electron chi connectivity index (χ2n) is 5.69. The molecule has 1 N–H and O–H groups in total. The molecule has 1 atom stereocenters. The number of nitrogens with zero attached hydrogens (tertiary/aromatic N) is 3. The molecule has 4 heteroatoms. The highest BCUT2D eigenvalue weighted by Crippen LogP contribution is 2.25. The number of hydrogen-bond donors (Lipinski definition) is 1. The van der Waals surface area contributed by atoms with Crippen molar-refractivity contribution in [3.05, 3.63) is 11.4 Å². The summed E-state index contributed by atoms with van der Waals surface area (Å²) in [5.41, 5.74) is 1.13. The SMILES string of the molecule is CCNc1nc(C)nc(N(C)C(C)CC(C)C)c1C. The number of anilines is 2. The van der Waals surface area contributed by atoms with E-state index in [2.05, 4.69) is 61.9 Å². The summed E-state index contributed by atoms with van der Waals surface area (Å²) in [5.74, 6) is 3.50. The molecule has 1 aromatic heterocycles. The number of aryl methyl sites for hydroxylation is 1. The maximum absolute atomic E-state index is 4.62. The van der Waals surface area contributed by atoms with Crippen LogP contribution in [0.25, 0.3) is 0 Å². The Morgan fingerprint density at radius 1 is 1.16 bits per heavy atom. The zero-order chi connectivity index (χ0) is 14.6. The van der Waals surface area contributed by atoms with E-state index in [0.29, 0.717) is 12.0 Å². The van der Waals surface area contributed by atoms with E-state index in [1.807, 2.05) is 6.92 Å². The summed E-state index contributed by atoms with van der Waals surface area (Å²) in [6.45, 7) is 13.8. The molecule has 0 saturated carbocycles. The molecule has 1 aromatic rings. The van der Waals surface area contributed by atoms with Gasteiger partial charge in [-0.05, 0) is 40.0 Å². The van der Waals surface area contributed by atoms with Gasteiger partial charge in [0.1, 0.15) is 17.5 Å². The lowest BCUT2D eigenvalue weighted by atomic mass is 10.0. The van der Waals surface area contributed by atoms with E-state index in [1.54, 1.807) is 0 Å². The predicted molar refractivity (Wildman–Crippen MR) is 83.0 cm³/mol. The van der Waals surface area contributed by atoms with Crippen LogP contribution >= 0.6 is 0 Å². The van der Waals surface area contributed by atoms with Crippen LogP contribution in [-0.2, 0) is 0 Å². The minimum atomic E-state index is 0.475. The molecule has 108 valence electrons. The van der Waals surface area contributed by atoms with Crippen molar-refractivity contribution < 1.29 is 0 Å². The first kappa shape index (κ1) is 15.7. The van der Waals surface area contributed by atoms with Crippen molar-refractivity contribution in [2.75, 3.05) is 23.8 Å². The normalized spacial score (nSPS) is 12.6. The monoisotopic (exact) mass is 264 g/mol. The van der Waals surface area contributed by atoms with Gasteiger partial charge in [-0.3, -0.25) is 0 Å². The van der Waals surface area contributed by atoms with Crippen LogP contribution in [0.4, 0.5) is 11.6 Å². The van der Waals surface area contributed by atoms with Gasteiger partial charge in [0, 0.05) is 25.2 Å². The number of nitrogens with one attached hydrogen (secondary N) is 1. The third-order valence-electron chi connectivity index (χ3n) is 3.38. The van der Waals surface area contributed by atoms with E-state index >= 15 is 0 Å². The highest BCUT2D eigenvalue weighted by molar-refractivity contribution is 5.58. The maximum atomic E-state index is 4.62. The summed E-state index contributed by atoms with van der Waals surface area (Å²) in [6.07, 6.45) is 1.16. The fourth-order valence-electron chi connectivity index (χ4n) is 2.35. The highest BCUT2D eigenvalue weighted by Gasteiger charge is 2.17. The molecule has 4 nitrogen and oxygen atoms in total. The summed E-state index contributed by atoms with van der Waals surface area (Å²) in [4.78, 5) is 11.4.